The molecule has 0 radical (unpaired) electrons. The molecule has 0 aliphatic carbocycles. The van der Waals surface area contributed by atoms with E-state index in [1.165, 1.54) is 0 Å². The van der Waals surface area contributed by atoms with Gasteiger partial charge in [-0.15, -0.1) is 0 Å². The van der Waals surface area contributed by atoms with Crippen molar-refractivity contribution in [3.8, 4) is 5.75 Å². The molecule has 1 aromatic rings. The lowest BCUT2D eigenvalue weighted by molar-refractivity contribution is -0.210. The Labute approximate surface area is 124 Å². The monoisotopic (exact) mass is 355 g/mol. The summed E-state index contributed by atoms with van der Waals surface area (Å²) in [4.78, 5) is 0. The highest BCUT2D eigenvalue weighted by Gasteiger charge is 2.38. The average molecular weight is 356 g/mol. The van der Waals surface area contributed by atoms with Gasteiger partial charge in [0.05, 0.1) is 0 Å². The fourth-order valence-electron chi connectivity index (χ4n) is 1.40. The summed E-state index contributed by atoms with van der Waals surface area (Å²) >= 11 is 3.30. The zero-order valence-corrected chi connectivity index (χ0v) is 12.8. The van der Waals surface area contributed by atoms with E-state index in [0.717, 1.165) is 10.0 Å². The second-order valence-electron chi connectivity index (χ2n) is 4.66. The maximum absolute atomic E-state index is 12.2. The zero-order valence-electron chi connectivity index (χ0n) is 11.2. The van der Waals surface area contributed by atoms with Crippen LogP contribution in [0.5, 0.6) is 5.75 Å². The van der Waals surface area contributed by atoms with Gasteiger partial charge in [0, 0.05) is 22.6 Å². The van der Waals surface area contributed by atoms with E-state index in [9.17, 15) is 13.2 Å². The maximum atomic E-state index is 12.2. The molecule has 2 N–H and O–H groups in total. The number of nitrogens with one attached hydrogen (secondary N) is 1. The van der Waals surface area contributed by atoms with Crippen molar-refractivity contribution in [2.24, 2.45) is 0 Å². The normalized spacial score (nSPS) is 13.6. The molecule has 1 unspecified atom stereocenters. The van der Waals surface area contributed by atoms with Crippen molar-refractivity contribution in [2.75, 3.05) is 6.61 Å². The van der Waals surface area contributed by atoms with E-state index >= 15 is 0 Å². The fourth-order valence-corrected chi connectivity index (χ4v) is 1.81. The third-order valence-electron chi connectivity index (χ3n) is 2.50. The summed E-state index contributed by atoms with van der Waals surface area (Å²) in [7, 11) is 0. The van der Waals surface area contributed by atoms with Crippen LogP contribution in [0.25, 0.3) is 0 Å². The predicted molar refractivity (Wildman–Crippen MR) is 73.7 cm³/mol. The van der Waals surface area contributed by atoms with Crippen molar-refractivity contribution in [3.63, 3.8) is 0 Å². The Morgan fingerprint density at radius 1 is 1.35 bits per heavy atom. The van der Waals surface area contributed by atoms with E-state index in [0.29, 0.717) is 12.3 Å². The number of alkyl halides is 3. The molecular weight excluding hydrogens is 339 g/mol. The quantitative estimate of drug-likeness (QED) is 0.822. The molecule has 0 aliphatic heterocycles. The number of hydrogen-bond acceptors (Lipinski definition) is 3. The molecule has 0 fully saturated rings. The lowest BCUT2D eigenvalue weighted by Gasteiger charge is -2.18. The first kappa shape index (κ1) is 17.3. The molecule has 0 amide bonds. The van der Waals surface area contributed by atoms with Crippen LogP contribution in [0.1, 0.15) is 19.4 Å². The number of aliphatic hydroxyl groups excluding tert-OH is 1. The third-order valence-corrected chi connectivity index (χ3v) is 2.99. The van der Waals surface area contributed by atoms with Crippen LogP contribution < -0.4 is 10.1 Å². The van der Waals surface area contributed by atoms with Crippen LogP contribution >= 0.6 is 15.9 Å². The van der Waals surface area contributed by atoms with Gasteiger partial charge >= 0.3 is 6.18 Å². The number of halogens is 4. The van der Waals surface area contributed by atoms with E-state index in [1.54, 1.807) is 18.2 Å². The van der Waals surface area contributed by atoms with Crippen LogP contribution in [0.15, 0.2) is 22.7 Å². The van der Waals surface area contributed by atoms with Gasteiger partial charge in [0.25, 0.3) is 0 Å². The van der Waals surface area contributed by atoms with Crippen LogP contribution in [0, 0.1) is 0 Å². The highest BCUT2D eigenvalue weighted by Crippen LogP contribution is 2.25. The second-order valence-corrected chi connectivity index (χ2v) is 5.57. The molecule has 0 aliphatic rings. The van der Waals surface area contributed by atoms with Crippen molar-refractivity contribution >= 4 is 15.9 Å². The van der Waals surface area contributed by atoms with E-state index in [-0.39, 0.29) is 6.04 Å². The van der Waals surface area contributed by atoms with E-state index < -0.39 is 18.9 Å². The first-order chi connectivity index (χ1) is 9.20. The van der Waals surface area contributed by atoms with Gasteiger partial charge in [0.1, 0.15) is 12.4 Å². The van der Waals surface area contributed by atoms with Gasteiger partial charge in [-0.2, -0.15) is 13.2 Å². The van der Waals surface area contributed by atoms with Crippen molar-refractivity contribution in [2.45, 2.75) is 38.7 Å². The minimum atomic E-state index is -4.67. The molecular formula is C13H17BrF3NO2. The number of aliphatic hydroxyl groups is 1. The van der Waals surface area contributed by atoms with Crippen LogP contribution in [-0.4, -0.2) is 30.0 Å². The van der Waals surface area contributed by atoms with Gasteiger partial charge in [-0.25, -0.2) is 0 Å². The van der Waals surface area contributed by atoms with Crippen LogP contribution in [-0.2, 0) is 6.54 Å². The molecule has 20 heavy (non-hydrogen) atoms. The molecule has 0 saturated heterocycles. The Kier molecular flexibility index (Phi) is 6.29. The second kappa shape index (κ2) is 7.28. The van der Waals surface area contributed by atoms with Crippen molar-refractivity contribution < 1.29 is 23.0 Å². The molecule has 1 atom stereocenters. The Balaban J connectivity index is 2.73. The summed E-state index contributed by atoms with van der Waals surface area (Å²) in [5.74, 6) is 0.324. The lowest BCUT2D eigenvalue weighted by Crippen LogP contribution is -2.34. The number of rotatable bonds is 6. The van der Waals surface area contributed by atoms with Crippen molar-refractivity contribution in [3.05, 3.63) is 28.2 Å². The zero-order chi connectivity index (χ0) is 15.3. The summed E-state index contributed by atoms with van der Waals surface area (Å²) in [6, 6.07) is 5.26. The van der Waals surface area contributed by atoms with Gasteiger partial charge < -0.3 is 15.2 Å². The first-order valence-corrected chi connectivity index (χ1v) is 6.89. The van der Waals surface area contributed by atoms with Crippen LogP contribution in [0.3, 0.4) is 0 Å². The Morgan fingerprint density at radius 2 is 2.00 bits per heavy atom. The molecule has 7 heteroatoms. The van der Waals surface area contributed by atoms with Crippen molar-refractivity contribution in [1.29, 1.82) is 0 Å². The lowest BCUT2D eigenvalue weighted by atomic mass is 10.2. The number of hydrogen-bond donors (Lipinski definition) is 2. The largest absolute Gasteiger partial charge is 0.490 e. The summed E-state index contributed by atoms with van der Waals surface area (Å²) in [5, 5.41) is 12.1. The summed E-state index contributed by atoms with van der Waals surface area (Å²) in [6.07, 6.45) is -7.16. The summed E-state index contributed by atoms with van der Waals surface area (Å²) in [6.45, 7) is 3.58. The standard InChI is InChI=1S/C13H17BrF3NO2/c1-8(2)18-6-9-5-10(14)3-4-11(9)20-7-12(19)13(15,16)17/h3-5,8,12,18-19H,6-7H2,1-2H3. The van der Waals surface area contributed by atoms with Gasteiger partial charge in [-0.3, -0.25) is 0 Å². The Bertz CT molecular complexity index is 438. The van der Waals surface area contributed by atoms with Gasteiger partial charge in [-0.05, 0) is 18.2 Å². The molecule has 0 saturated carbocycles. The maximum Gasteiger partial charge on any atom is 0.417 e. The smallest absolute Gasteiger partial charge is 0.417 e. The van der Waals surface area contributed by atoms with Crippen LogP contribution in [0.2, 0.25) is 0 Å². The number of benzene rings is 1. The molecule has 114 valence electrons. The highest BCUT2D eigenvalue weighted by molar-refractivity contribution is 9.10. The number of ether oxygens (including phenoxy) is 1. The molecule has 0 heterocycles. The molecule has 0 aromatic heterocycles. The van der Waals surface area contributed by atoms with Crippen molar-refractivity contribution in [1.82, 2.24) is 5.32 Å². The van der Waals surface area contributed by atoms with Gasteiger partial charge in [0.15, 0.2) is 6.10 Å². The minimum Gasteiger partial charge on any atom is -0.490 e. The fraction of sp³-hybridized carbons (Fsp3) is 0.538. The van der Waals surface area contributed by atoms with Gasteiger partial charge in [-0.1, -0.05) is 29.8 Å². The van der Waals surface area contributed by atoms with Crippen LogP contribution in [0.4, 0.5) is 13.2 Å². The summed E-state index contributed by atoms with van der Waals surface area (Å²) in [5.41, 5.74) is 0.724. The molecule has 0 bridgehead atoms. The van der Waals surface area contributed by atoms with E-state index in [4.69, 9.17) is 9.84 Å². The Hall–Kier alpha value is -0.790. The van der Waals surface area contributed by atoms with Gasteiger partial charge in [0.2, 0.25) is 0 Å². The first-order valence-electron chi connectivity index (χ1n) is 6.09. The Morgan fingerprint density at radius 3 is 2.55 bits per heavy atom. The third kappa shape index (κ3) is 5.68. The topological polar surface area (TPSA) is 41.5 Å². The SMILES string of the molecule is CC(C)NCc1cc(Br)ccc1OCC(O)C(F)(F)F. The average Bonchev–Trinajstić information content (AvgIpc) is 2.33. The predicted octanol–water partition coefficient (Wildman–Crippen LogP) is 3.25. The minimum absolute atomic E-state index is 0.239. The molecule has 3 nitrogen and oxygen atoms in total. The highest BCUT2D eigenvalue weighted by atomic mass is 79.9. The van der Waals surface area contributed by atoms with E-state index in [2.05, 4.69) is 21.2 Å². The summed E-state index contributed by atoms with van der Waals surface area (Å²) < 4.78 is 42.6. The molecule has 1 rings (SSSR count). The van der Waals surface area contributed by atoms with E-state index in [1.807, 2.05) is 13.8 Å². The molecule has 0 spiro atoms. The molecule has 1 aromatic carbocycles.